The molecule has 0 aliphatic heterocycles. The zero-order valence-electron chi connectivity index (χ0n) is 20.9. The van der Waals surface area contributed by atoms with Crippen LogP contribution in [0, 0.1) is 11.7 Å². The third-order valence-corrected chi connectivity index (χ3v) is 9.99. The molecule has 0 bridgehead atoms. The lowest BCUT2D eigenvalue weighted by atomic mass is 10.0. The number of rotatable bonds is 14. The lowest BCUT2D eigenvalue weighted by molar-refractivity contribution is -0.143. The van der Waals surface area contributed by atoms with Crippen molar-refractivity contribution in [2.45, 2.75) is 56.9 Å². The van der Waals surface area contributed by atoms with Crippen LogP contribution in [-0.2, 0) is 23.1 Å². The number of aliphatic hydroxyl groups excluding tert-OH is 1. The molecule has 2 aromatic rings. The molecule has 0 radical (unpaired) electrons. The Morgan fingerprint density at radius 1 is 0.943 bits per heavy atom. The summed E-state index contributed by atoms with van der Waals surface area (Å²) in [5, 5.41) is 10.3. The van der Waals surface area contributed by atoms with Crippen LogP contribution in [0.25, 0.3) is 0 Å². The smallest absolute Gasteiger partial charge is 0.346 e. The molecule has 2 rings (SSSR count). The second kappa shape index (κ2) is 14.1. The standard InChI is InChI=1S/C26H36FO6PS/c1-6-31-26(29)23(34(30,32-7-2)33-8-3)24(18(4)5)35-25(20-12-10-9-11-13-20)22(28)19-14-16-21(27)17-15-19/h9-18,22-25,28H,6-8H2,1-5H3. The average molecular weight is 527 g/mol. The van der Waals surface area contributed by atoms with Crippen molar-refractivity contribution in [3.8, 4) is 0 Å². The highest BCUT2D eigenvalue weighted by Gasteiger charge is 2.50. The maximum Gasteiger partial charge on any atom is 0.346 e. The van der Waals surface area contributed by atoms with Crippen LogP contribution in [0.15, 0.2) is 54.6 Å². The van der Waals surface area contributed by atoms with Gasteiger partial charge in [0.15, 0.2) is 5.66 Å². The fourth-order valence-electron chi connectivity index (χ4n) is 3.81. The number of benzene rings is 2. The van der Waals surface area contributed by atoms with Crippen molar-refractivity contribution in [3.05, 3.63) is 71.5 Å². The van der Waals surface area contributed by atoms with Gasteiger partial charge in [-0.15, -0.1) is 11.8 Å². The first-order valence-corrected chi connectivity index (χ1v) is 14.4. The van der Waals surface area contributed by atoms with Gasteiger partial charge in [-0.2, -0.15) is 0 Å². The first kappa shape index (κ1) is 29.5. The second-order valence-electron chi connectivity index (χ2n) is 8.24. The molecule has 6 nitrogen and oxygen atoms in total. The Kier molecular flexibility index (Phi) is 11.9. The van der Waals surface area contributed by atoms with Gasteiger partial charge in [0.05, 0.1) is 31.2 Å². The summed E-state index contributed by atoms with van der Waals surface area (Å²) in [5.74, 6) is -1.22. The van der Waals surface area contributed by atoms with E-state index in [4.69, 9.17) is 13.8 Å². The summed E-state index contributed by atoms with van der Waals surface area (Å²) in [6, 6.07) is 15.0. The maximum atomic E-state index is 13.9. The van der Waals surface area contributed by atoms with Gasteiger partial charge in [0, 0.05) is 5.25 Å². The molecule has 4 atom stereocenters. The van der Waals surface area contributed by atoms with E-state index in [1.165, 1.54) is 36.0 Å². The molecule has 4 unspecified atom stereocenters. The van der Waals surface area contributed by atoms with Gasteiger partial charge in [0.2, 0.25) is 0 Å². The lowest BCUT2D eigenvalue weighted by Crippen LogP contribution is -2.39. The van der Waals surface area contributed by atoms with E-state index in [9.17, 15) is 18.9 Å². The number of carbonyl (C=O) groups excluding carboxylic acids is 1. The van der Waals surface area contributed by atoms with Gasteiger partial charge in [0.25, 0.3) is 0 Å². The highest BCUT2D eigenvalue weighted by molar-refractivity contribution is 8.00. The molecule has 9 heteroatoms. The van der Waals surface area contributed by atoms with Crippen molar-refractivity contribution in [1.82, 2.24) is 0 Å². The second-order valence-corrected chi connectivity index (χ2v) is 11.7. The largest absolute Gasteiger partial charge is 0.465 e. The number of thioether (sulfide) groups is 1. The van der Waals surface area contributed by atoms with Crippen molar-refractivity contribution >= 4 is 25.3 Å². The Morgan fingerprint density at radius 2 is 1.51 bits per heavy atom. The van der Waals surface area contributed by atoms with E-state index in [2.05, 4.69) is 0 Å². The van der Waals surface area contributed by atoms with Crippen LogP contribution < -0.4 is 0 Å². The Morgan fingerprint density at radius 3 is 2.00 bits per heavy atom. The van der Waals surface area contributed by atoms with E-state index in [0.29, 0.717) is 5.56 Å². The minimum absolute atomic E-state index is 0.100. The third-order valence-electron chi connectivity index (χ3n) is 5.39. The van der Waals surface area contributed by atoms with Gasteiger partial charge in [0.1, 0.15) is 5.82 Å². The minimum Gasteiger partial charge on any atom is -0.465 e. The molecule has 0 amide bonds. The summed E-state index contributed by atoms with van der Waals surface area (Å²) >= 11 is 1.32. The van der Waals surface area contributed by atoms with E-state index in [1.807, 2.05) is 44.2 Å². The van der Waals surface area contributed by atoms with Crippen LogP contribution in [0.4, 0.5) is 4.39 Å². The molecule has 2 aromatic carbocycles. The molecule has 0 saturated carbocycles. The molecule has 0 fully saturated rings. The van der Waals surface area contributed by atoms with Crippen LogP contribution in [-0.4, -0.2) is 41.8 Å². The van der Waals surface area contributed by atoms with E-state index in [-0.39, 0.29) is 25.7 Å². The molecule has 0 aliphatic rings. The summed E-state index contributed by atoms with van der Waals surface area (Å²) in [7, 11) is -3.91. The summed E-state index contributed by atoms with van der Waals surface area (Å²) < 4.78 is 44.0. The summed E-state index contributed by atoms with van der Waals surface area (Å²) in [6.45, 7) is 9.21. The van der Waals surface area contributed by atoms with Gasteiger partial charge >= 0.3 is 13.6 Å². The molecular formula is C26H36FO6PS. The summed E-state index contributed by atoms with van der Waals surface area (Å²) in [4.78, 5) is 13.2. The fourth-order valence-corrected chi connectivity index (χ4v) is 8.15. The zero-order valence-corrected chi connectivity index (χ0v) is 22.6. The van der Waals surface area contributed by atoms with Crippen LogP contribution >= 0.6 is 19.4 Å². The number of ether oxygens (including phenoxy) is 1. The van der Waals surface area contributed by atoms with Crippen LogP contribution in [0.5, 0.6) is 0 Å². The van der Waals surface area contributed by atoms with Gasteiger partial charge < -0.3 is 18.9 Å². The van der Waals surface area contributed by atoms with Crippen molar-refractivity contribution in [2.24, 2.45) is 5.92 Å². The molecule has 0 aliphatic carbocycles. The average Bonchev–Trinajstić information content (AvgIpc) is 2.82. The molecule has 0 spiro atoms. The maximum absolute atomic E-state index is 13.9. The number of hydrogen-bond donors (Lipinski definition) is 1. The first-order valence-electron chi connectivity index (χ1n) is 11.9. The molecule has 0 aromatic heterocycles. The van der Waals surface area contributed by atoms with Gasteiger partial charge in [-0.05, 0) is 49.9 Å². The predicted molar refractivity (Wildman–Crippen MR) is 138 cm³/mol. The first-order chi connectivity index (χ1) is 16.7. The lowest BCUT2D eigenvalue weighted by Gasteiger charge is -2.36. The summed E-state index contributed by atoms with van der Waals surface area (Å²) in [6.07, 6.45) is -1.02. The molecular weight excluding hydrogens is 490 g/mol. The number of halogens is 1. The van der Waals surface area contributed by atoms with E-state index in [1.54, 1.807) is 20.8 Å². The van der Waals surface area contributed by atoms with Crippen molar-refractivity contribution in [3.63, 3.8) is 0 Å². The molecule has 0 heterocycles. The number of carbonyl (C=O) groups is 1. The van der Waals surface area contributed by atoms with Crippen molar-refractivity contribution in [1.29, 1.82) is 0 Å². The molecule has 0 saturated heterocycles. The van der Waals surface area contributed by atoms with Gasteiger partial charge in [-0.3, -0.25) is 9.36 Å². The quantitative estimate of drug-likeness (QED) is 0.221. The number of hydrogen-bond acceptors (Lipinski definition) is 7. The van der Waals surface area contributed by atoms with Crippen molar-refractivity contribution in [2.75, 3.05) is 19.8 Å². The Labute approximate surface area is 212 Å². The monoisotopic (exact) mass is 526 g/mol. The molecule has 194 valence electrons. The third kappa shape index (κ3) is 7.89. The summed E-state index contributed by atoms with van der Waals surface area (Å²) in [5.41, 5.74) is 0.143. The normalized spacial score (nSPS) is 15.4. The Bertz CT molecular complexity index is 946. The fraction of sp³-hybridized carbons (Fsp3) is 0.500. The van der Waals surface area contributed by atoms with Crippen LogP contribution in [0.1, 0.15) is 57.1 Å². The van der Waals surface area contributed by atoms with E-state index < -0.39 is 41.6 Å². The van der Waals surface area contributed by atoms with Gasteiger partial charge in [-0.25, -0.2) is 4.39 Å². The highest BCUT2D eigenvalue weighted by Crippen LogP contribution is 2.59. The Balaban J connectivity index is 2.58. The number of esters is 1. The molecule has 1 N–H and O–H groups in total. The van der Waals surface area contributed by atoms with Crippen molar-refractivity contribution < 1.29 is 32.6 Å². The topological polar surface area (TPSA) is 82.1 Å². The minimum atomic E-state index is -3.91. The zero-order chi connectivity index (χ0) is 26.0. The van der Waals surface area contributed by atoms with Crippen LogP contribution in [0.3, 0.4) is 0 Å². The highest BCUT2D eigenvalue weighted by atomic mass is 32.2. The van der Waals surface area contributed by atoms with E-state index in [0.717, 1.165) is 5.56 Å². The predicted octanol–water partition coefficient (Wildman–Crippen LogP) is 6.56. The van der Waals surface area contributed by atoms with Gasteiger partial charge in [-0.1, -0.05) is 56.3 Å². The SMILES string of the molecule is CCOC(=O)C(C(SC(c1ccccc1)C(O)c1ccc(F)cc1)C(C)C)P(=O)(OCC)OCC. The van der Waals surface area contributed by atoms with Crippen LogP contribution in [0.2, 0.25) is 0 Å². The Hall–Kier alpha value is -1.70. The molecule has 35 heavy (non-hydrogen) atoms. The van der Waals surface area contributed by atoms with E-state index >= 15 is 0 Å². The number of aliphatic hydroxyl groups is 1.